The monoisotopic (exact) mass is 340 g/mol. The summed E-state index contributed by atoms with van der Waals surface area (Å²) in [7, 11) is 2.15. The van der Waals surface area contributed by atoms with Crippen molar-refractivity contribution in [3.05, 3.63) is 28.2 Å². The first kappa shape index (κ1) is 15.8. The van der Waals surface area contributed by atoms with Crippen molar-refractivity contribution in [3.63, 3.8) is 0 Å². The first-order chi connectivity index (χ1) is 9.52. The van der Waals surface area contributed by atoms with E-state index in [4.69, 9.17) is 0 Å². The van der Waals surface area contributed by atoms with E-state index in [1.54, 1.807) is 6.07 Å². The molecule has 1 aromatic carbocycles. The van der Waals surface area contributed by atoms with Crippen molar-refractivity contribution in [1.29, 1.82) is 0 Å². The molecule has 4 heteroatoms. The second-order valence-electron chi connectivity index (χ2n) is 5.74. The highest BCUT2D eigenvalue weighted by Crippen LogP contribution is 2.31. The zero-order chi connectivity index (χ0) is 14.7. The summed E-state index contributed by atoms with van der Waals surface area (Å²) in [6.07, 6.45) is 2.60. The van der Waals surface area contributed by atoms with E-state index >= 15 is 0 Å². The quantitative estimate of drug-likeness (QED) is 0.886. The number of rotatable bonds is 5. The summed E-state index contributed by atoms with van der Waals surface area (Å²) in [4.78, 5) is 4.91. The minimum atomic E-state index is 0.215. The van der Waals surface area contributed by atoms with Gasteiger partial charge in [0.2, 0.25) is 0 Å². The molecule has 1 N–H and O–H groups in total. The molecule has 112 valence electrons. The molecule has 3 nitrogen and oxygen atoms in total. The smallest absolute Gasteiger partial charge is 0.120 e. The van der Waals surface area contributed by atoms with Crippen molar-refractivity contribution in [3.8, 4) is 5.75 Å². The minimum Gasteiger partial charge on any atom is -0.508 e. The summed E-state index contributed by atoms with van der Waals surface area (Å²) < 4.78 is 1.02. The van der Waals surface area contributed by atoms with Crippen molar-refractivity contribution in [2.45, 2.75) is 38.8 Å². The summed E-state index contributed by atoms with van der Waals surface area (Å²) in [5.74, 6) is 0.381. The van der Waals surface area contributed by atoms with Crippen LogP contribution in [-0.4, -0.2) is 47.6 Å². The molecular weight excluding hydrogens is 316 g/mol. The van der Waals surface area contributed by atoms with Crippen LogP contribution in [0.4, 0.5) is 0 Å². The van der Waals surface area contributed by atoms with Gasteiger partial charge in [0.15, 0.2) is 0 Å². The fraction of sp³-hybridized carbons (Fsp3) is 0.625. The van der Waals surface area contributed by atoms with Crippen LogP contribution < -0.4 is 0 Å². The highest BCUT2D eigenvalue weighted by atomic mass is 79.9. The Balaban J connectivity index is 2.04. The molecule has 1 saturated heterocycles. The Hall–Kier alpha value is -0.580. The Morgan fingerprint density at radius 3 is 2.95 bits per heavy atom. The predicted octanol–water partition coefficient (Wildman–Crippen LogP) is 3.63. The van der Waals surface area contributed by atoms with Gasteiger partial charge in [0.05, 0.1) is 0 Å². The SMILES string of the molecule is CCN1CCCC1CN(C)C(C)c1cc(Br)ccc1O. The van der Waals surface area contributed by atoms with Gasteiger partial charge in [-0.1, -0.05) is 22.9 Å². The molecule has 0 aromatic heterocycles. The lowest BCUT2D eigenvalue weighted by Gasteiger charge is -2.32. The van der Waals surface area contributed by atoms with Crippen LogP contribution in [0.25, 0.3) is 0 Å². The summed E-state index contributed by atoms with van der Waals surface area (Å²) in [6.45, 7) is 7.82. The second-order valence-corrected chi connectivity index (χ2v) is 6.66. The van der Waals surface area contributed by atoms with Crippen molar-refractivity contribution >= 4 is 15.9 Å². The Kier molecular flexibility index (Phi) is 5.47. The topological polar surface area (TPSA) is 26.7 Å². The van der Waals surface area contributed by atoms with E-state index in [1.807, 2.05) is 12.1 Å². The summed E-state index contributed by atoms with van der Waals surface area (Å²) in [5.41, 5.74) is 0.989. The zero-order valence-corrected chi connectivity index (χ0v) is 14.2. The maximum Gasteiger partial charge on any atom is 0.120 e. The molecule has 0 amide bonds. The first-order valence-electron chi connectivity index (χ1n) is 7.45. The third kappa shape index (κ3) is 3.54. The van der Waals surface area contributed by atoms with Crippen LogP contribution in [0, 0.1) is 0 Å². The number of hydrogen-bond donors (Lipinski definition) is 1. The van der Waals surface area contributed by atoms with Gasteiger partial charge in [0, 0.05) is 28.7 Å². The van der Waals surface area contributed by atoms with Gasteiger partial charge in [-0.05, 0) is 58.1 Å². The molecular formula is C16H25BrN2O. The molecule has 1 aromatic rings. The van der Waals surface area contributed by atoms with Crippen molar-refractivity contribution in [2.75, 3.05) is 26.7 Å². The van der Waals surface area contributed by atoms with E-state index in [0.29, 0.717) is 11.8 Å². The van der Waals surface area contributed by atoms with Gasteiger partial charge in [-0.25, -0.2) is 0 Å². The van der Waals surface area contributed by atoms with Crippen LogP contribution in [0.5, 0.6) is 5.75 Å². The van der Waals surface area contributed by atoms with Crippen molar-refractivity contribution in [1.82, 2.24) is 9.80 Å². The molecule has 2 unspecified atom stereocenters. The molecule has 0 spiro atoms. The fourth-order valence-electron chi connectivity index (χ4n) is 3.11. The largest absolute Gasteiger partial charge is 0.508 e. The molecule has 1 aliphatic heterocycles. The maximum atomic E-state index is 10.1. The van der Waals surface area contributed by atoms with Gasteiger partial charge in [-0.15, -0.1) is 0 Å². The second kappa shape index (κ2) is 6.92. The number of halogens is 1. The molecule has 1 heterocycles. The molecule has 0 bridgehead atoms. The average Bonchev–Trinajstić information content (AvgIpc) is 2.87. The van der Waals surface area contributed by atoms with E-state index in [-0.39, 0.29) is 6.04 Å². The summed E-state index contributed by atoms with van der Waals surface area (Å²) >= 11 is 3.48. The molecule has 20 heavy (non-hydrogen) atoms. The predicted molar refractivity (Wildman–Crippen MR) is 87.1 cm³/mol. The maximum absolute atomic E-state index is 10.1. The Bertz CT molecular complexity index is 452. The molecule has 1 fully saturated rings. The van der Waals surface area contributed by atoms with Crippen LogP contribution in [0.1, 0.15) is 38.3 Å². The van der Waals surface area contributed by atoms with Gasteiger partial charge < -0.3 is 5.11 Å². The van der Waals surface area contributed by atoms with Gasteiger partial charge in [0.25, 0.3) is 0 Å². The number of likely N-dealkylation sites (tertiary alicyclic amines) is 1. The lowest BCUT2D eigenvalue weighted by Crippen LogP contribution is -2.39. The number of benzene rings is 1. The molecule has 0 radical (unpaired) electrons. The van der Waals surface area contributed by atoms with Crippen LogP contribution in [0.2, 0.25) is 0 Å². The van der Waals surface area contributed by atoms with Gasteiger partial charge in [0.1, 0.15) is 5.75 Å². The van der Waals surface area contributed by atoms with Crippen LogP contribution >= 0.6 is 15.9 Å². The summed E-state index contributed by atoms with van der Waals surface area (Å²) in [6, 6.07) is 6.52. The van der Waals surface area contributed by atoms with Gasteiger partial charge in [-0.2, -0.15) is 0 Å². The van der Waals surface area contributed by atoms with Crippen molar-refractivity contribution < 1.29 is 5.11 Å². The third-order valence-corrected chi connectivity index (χ3v) is 5.00. The van der Waals surface area contributed by atoms with E-state index < -0.39 is 0 Å². The van der Waals surface area contributed by atoms with Crippen LogP contribution in [-0.2, 0) is 0 Å². The van der Waals surface area contributed by atoms with Crippen molar-refractivity contribution in [2.24, 2.45) is 0 Å². The summed E-state index contributed by atoms with van der Waals surface area (Å²) in [5, 5.41) is 10.1. The molecule has 0 saturated carbocycles. The van der Waals surface area contributed by atoms with Gasteiger partial charge >= 0.3 is 0 Å². The standard InChI is InChI=1S/C16H25BrN2O/c1-4-19-9-5-6-14(19)11-18(3)12(2)15-10-13(17)7-8-16(15)20/h7-8,10,12,14,20H,4-6,9,11H2,1-3H3. The molecule has 0 aliphatic carbocycles. The number of phenols is 1. The fourth-order valence-corrected chi connectivity index (χ4v) is 3.48. The number of hydrogen-bond acceptors (Lipinski definition) is 3. The van der Waals surface area contributed by atoms with E-state index in [2.05, 4.69) is 46.6 Å². The van der Waals surface area contributed by atoms with Gasteiger partial charge in [-0.3, -0.25) is 9.80 Å². The normalized spacial score (nSPS) is 21.6. The van der Waals surface area contributed by atoms with E-state index in [0.717, 1.165) is 23.1 Å². The van der Waals surface area contributed by atoms with Crippen LogP contribution in [0.3, 0.4) is 0 Å². The Labute approximate surface area is 130 Å². The lowest BCUT2D eigenvalue weighted by molar-refractivity contribution is 0.169. The lowest BCUT2D eigenvalue weighted by atomic mass is 10.1. The molecule has 2 atom stereocenters. The third-order valence-electron chi connectivity index (χ3n) is 4.50. The Morgan fingerprint density at radius 1 is 1.50 bits per heavy atom. The first-order valence-corrected chi connectivity index (χ1v) is 8.25. The number of phenolic OH excluding ortho intramolecular Hbond substituents is 1. The van der Waals surface area contributed by atoms with E-state index in [9.17, 15) is 5.11 Å². The number of nitrogens with zero attached hydrogens (tertiary/aromatic N) is 2. The van der Waals surface area contributed by atoms with E-state index in [1.165, 1.54) is 19.4 Å². The minimum absolute atomic E-state index is 0.215. The number of likely N-dealkylation sites (N-methyl/N-ethyl adjacent to an activating group) is 2. The number of aromatic hydroxyl groups is 1. The highest BCUT2D eigenvalue weighted by molar-refractivity contribution is 9.10. The highest BCUT2D eigenvalue weighted by Gasteiger charge is 2.26. The molecule has 2 rings (SSSR count). The molecule has 1 aliphatic rings. The zero-order valence-electron chi connectivity index (χ0n) is 12.6. The van der Waals surface area contributed by atoms with Crippen LogP contribution in [0.15, 0.2) is 22.7 Å². The Morgan fingerprint density at radius 2 is 2.25 bits per heavy atom. The average molecular weight is 341 g/mol.